The van der Waals surface area contributed by atoms with Crippen molar-refractivity contribution in [1.82, 2.24) is 0 Å². The van der Waals surface area contributed by atoms with Gasteiger partial charge in [-0.3, -0.25) is 9.59 Å². The molecule has 0 saturated carbocycles. The molecule has 0 bridgehead atoms. The number of rotatable bonds is 4. The molecule has 90 valence electrons. The van der Waals surface area contributed by atoms with Crippen molar-refractivity contribution in [2.45, 2.75) is 26.7 Å². The van der Waals surface area contributed by atoms with Crippen molar-refractivity contribution in [2.24, 2.45) is 11.8 Å². The van der Waals surface area contributed by atoms with E-state index in [-0.39, 0.29) is 23.8 Å². The van der Waals surface area contributed by atoms with E-state index in [2.05, 4.69) is 12.2 Å². The summed E-state index contributed by atoms with van der Waals surface area (Å²) >= 11 is 0. The number of carbonyl (C=O) groups is 2. The average molecular weight is 226 g/mol. The van der Waals surface area contributed by atoms with Gasteiger partial charge in [0, 0.05) is 25.7 Å². The summed E-state index contributed by atoms with van der Waals surface area (Å²) in [5, 5.41) is 0. The van der Waals surface area contributed by atoms with Crippen LogP contribution in [0.3, 0.4) is 0 Å². The Morgan fingerprint density at radius 2 is 1.38 bits per heavy atom. The fourth-order valence-corrected chi connectivity index (χ4v) is 1.78. The highest BCUT2D eigenvalue weighted by molar-refractivity contribution is 5.66. The van der Waals surface area contributed by atoms with Crippen LogP contribution in [0.2, 0.25) is 0 Å². The molecule has 0 aromatic carbocycles. The third-order valence-corrected chi connectivity index (χ3v) is 2.71. The molecular formula is C12H18O4. The molecule has 0 heterocycles. The Kier molecular flexibility index (Phi) is 5.02. The van der Waals surface area contributed by atoms with Gasteiger partial charge in [0.15, 0.2) is 0 Å². The molecule has 0 radical (unpaired) electrons. The second-order valence-corrected chi connectivity index (χ2v) is 4.07. The van der Waals surface area contributed by atoms with Crippen LogP contribution in [0.15, 0.2) is 12.2 Å². The van der Waals surface area contributed by atoms with Gasteiger partial charge in [-0.15, -0.1) is 0 Å². The molecule has 1 aliphatic rings. The van der Waals surface area contributed by atoms with Gasteiger partial charge in [-0.25, -0.2) is 0 Å². The van der Waals surface area contributed by atoms with Crippen molar-refractivity contribution < 1.29 is 19.1 Å². The zero-order chi connectivity index (χ0) is 12.0. The molecule has 0 unspecified atom stereocenters. The van der Waals surface area contributed by atoms with Crippen LogP contribution >= 0.6 is 0 Å². The van der Waals surface area contributed by atoms with Gasteiger partial charge >= 0.3 is 11.9 Å². The highest BCUT2D eigenvalue weighted by Gasteiger charge is 2.24. The molecule has 1 rings (SSSR count). The summed E-state index contributed by atoms with van der Waals surface area (Å²) in [6.07, 6.45) is 5.91. The maximum Gasteiger partial charge on any atom is 0.302 e. The predicted molar refractivity (Wildman–Crippen MR) is 58.6 cm³/mol. The number of carbonyl (C=O) groups excluding carboxylic acids is 2. The zero-order valence-electron chi connectivity index (χ0n) is 9.77. The summed E-state index contributed by atoms with van der Waals surface area (Å²) in [5.41, 5.74) is 0. The van der Waals surface area contributed by atoms with E-state index in [0.717, 1.165) is 12.8 Å². The van der Waals surface area contributed by atoms with Gasteiger partial charge in [0.05, 0.1) is 13.2 Å². The SMILES string of the molecule is CC(=O)OC[C@H]1CC=CC[C@H]1COC(C)=O. The van der Waals surface area contributed by atoms with Crippen LogP contribution in [0.1, 0.15) is 26.7 Å². The summed E-state index contributed by atoms with van der Waals surface area (Å²) in [6, 6.07) is 0. The third kappa shape index (κ3) is 4.47. The molecule has 0 saturated heterocycles. The minimum atomic E-state index is -0.263. The van der Waals surface area contributed by atoms with Gasteiger partial charge in [-0.1, -0.05) is 12.2 Å². The minimum Gasteiger partial charge on any atom is -0.466 e. The lowest BCUT2D eigenvalue weighted by Gasteiger charge is -2.27. The Balaban J connectivity index is 2.41. The molecule has 4 heteroatoms. The Morgan fingerprint density at radius 1 is 1.00 bits per heavy atom. The molecule has 4 nitrogen and oxygen atoms in total. The molecule has 0 N–H and O–H groups in total. The molecule has 0 aromatic heterocycles. The maximum atomic E-state index is 10.7. The minimum absolute atomic E-state index is 0.258. The Hall–Kier alpha value is -1.32. The maximum absolute atomic E-state index is 10.7. The summed E-state index contributed by atoms with van der Waals surface area (Å²) in [7, 11) is 0. The standard InChI is InChI=1S/C12H18O4/c1-9(13)15-7-11-5-3-4-6-12(11)8-16-10(2)14/h3-4,11-12H,5-8H2,1-2H3/t11-,12+. The monoisotopic (exact) mass is 226 g/mol. The van der Waals surface area contributed by atoms with Gasteiger partial charge < -0.3 is 9.47 Å². The second kappa shape index (κ2) is 6.30. The molecule has 0 amide bonds. The van der Waals surface area contributed by atoms with Gasteiger partial charge in [0.25, 0.3) is 0 Å². The first-order valence-electron chi connectivity index (χ1n) is 5.51. The van der Waals surface area contributed by atoms with E-state index in [0.29, 0.717) is 13.2 Å². The Labute approximate surface area is 95.6 Å². The van der Waals surface area contributed by atoms with Crippen LogP contribution in [-0.2, 0) is 19.1 Å². The summed E-state index contributed by atoms with van der Waals surface area (Å²) < 4.78 is 10.0. The Morgan fingerprint density at radius 3 is 1.69 bits per heavy atom. The first-order chi connectivity index (χ1) is 7.59. The van der Waals surface area contributed by atoms with Gasteiger partial charge in [-0.05, 0) is 12.8 Å². The topological polar surface area (TPSA) is 52.6 Å². The number of esters is 2. The van der Waals surface area contributed by atoms with E-state index in [1.54, 1.807) is 0 Å². The zero-order valence-corrected chi connectivity index (χ0v) is 9.77. The van der Waals surface area contributed by atoms with Crippen LogP contribution in [0, 0.1) is 11.8 Å². The third-order valence-electron chi connectivity index (χ3n) is 2.71. The van der Waals surface area contributed by atoms with E-state index >= 15 is 0 Å². The summed E-state index contributed by atoms with van der Waals surface area (Å²) in [6.45, 7) is 3.62. The van der Waals surface area contributed by atoms with Crippen molar-refractivity contribution in [3.63, 3.8) is 0 Å². The van der Waals surface area contributed by atoms with Crippen molar-refractivity contribution in [3.8, 4) is 0 Å². The molecule has 0 spiro atoms. The molecule has 16 heavy (non-hydrogen) atoms. The van der Waals surface area contributed by atoms with Crippen LogP contribution in [-0.4, -0.2) is 25.2 Å². The average Bonchev–Trinajstić information content (AvgIpc) is 2.24. The normalized spacial score (nSPS) is 23.9. The number of ether oxygens (including phenoxy) is 2. The van der Waals surface area contributed by atoms with Crippen LogP contribution in [0.4, 0.5) is 0 Å². The first kappa shape index (κ1) is 12.7. The van der Waals surface area contributed by atoms with E-state index in [1.807, 2.05) is 0 Å². The van der Waals surface area contributed by atoms with E-state index in [1.165, 1.54) is 13.8 Å². The van der Waals surface area contributed by atoms with Crippen molar-refractivity contribution in [3.05, 3.63) is 12.2 Å². The van der Waals surface area contributed by atoms with Gasteiger partial charge in [0.2, 0.25) is 0 Å². The van der Waals surface area contributed by atoms with Crippen LogP contribution < -0.4 is 0 Å². The Bertz CT molecular complexity index is 255. The lowest BCUT2D eigenvalue weighted by molar-refractivity contribution is -0.147. The fraction of sp³-hybridized carbons (Fsp3) is 0.667. The van der Waals surface area contributed by atoms with E-state index in [9.17, 15) is 9.59 Å². The molecular weight excluding hydrogens is 208 g/mol. The van der Waals surface area contributed by atoms with Crippen molar-refractivity contribution in [1.29, 1.82) is 0 Å². The molecule has 0 aromatic rings. The molecule has 1 aliphatic carbocycles. The highest BCUT2D eigenvalue weighted by Crippen LogP contribution is 2.26. The number of hydrogen-bond donors (Lipinski definition) is 0. The van der Waals surface area contributed by atoms with Gasteiger partial charge in [0.1, 0.15) is 0 Å². The quantitative estimate of drug-likeness (QED) is 0.540. The number of allylic oxidation sites excluding steroid dienone is 2. The largest absolute Gasteiger partial charge is 0.466 e. The second-order valence-electron chi connectivity index (χ2n) is 4.07. The van der Waals surface area contributed by atoms with Crippen molar-refractivity contribution >= 4 is 11.9 Å². The smallest absolute Gasteiger partial charge is 0.302 e. The van der Waals surface area contributed by atoms with Gasteiger partial charge in [-0.2, -0.15) is 0 Å². The molecule has 2 atom stereocenters. The van der Waals surface area contributed by atoms with Crippen molar-refractivity contribution in [2.75, 3.05) is 13.2 Å². The van der Waals surface area contributed by atoms with Crippen LogP contribution in [0.25, 0.3) is 0 Å². The lowest BCUT2D eigenvalue weighted by Crippen LogP contribution is -2.27. The highest BCUT2D eigenvalue weighted by atomic mass is 16.5. The number of hydrogen-bond acceptors (Lipinski definition) is 4. The molecule has 0 aliphatic heterocycles. The summed E-state index contributed by atoms with van der Waals surface area (Å²) in [4.78, 5) is 21.5. The van der Waals surface area contributed by atoms with Crippen LogP contribution in [0.5, 0.6) is 0 Å². The van der Waals surface area contributed by atoms with E-state index in [4.69, 9.17) is 9.47 Å². The first-order valence-corrected chi connectivity index (χ1v) is 5.51. The predicted octanol–water partition coefficient (Wildman–Crippen LogP) is 1.70. The fourth-order valence-electron chi connectivity index (χ4n) is 1.78. The lowest BCUT2D eigenvalue weighted by atomic mass is 9.84. The van der Waals surface area contributed by atoms with E-state index < -0.39 is 0 Å². The summed E-state index contributed by atoms with van der Waals surface area (Å²) in [5.74, 6) is -0.0110. The molecule has 0 fully saturated rings.